The molecule has 0 spiro atoms. The maximum absolute atomic E-state index is 13.1. The van der Waals surface area contributed by atoms with Crippen LogP contribution in [-0.2, 0) is 6.54 Å². The van der Waals surface area contributed by atoms with Crippen LogP contribution in [0.1, 0.15) is 44.7 Å². The molecule has 1 heterocycles. The van der Waals surface area contributed by atoms with Crippen LogP contribution in [-0.4, -0.2) is 54.9 Å². The molecule has 0 bridgehead atoms. The van der Waals surface area contributed by atoms with Gasteiger partial charge in [0, 0.05) is 38.0 Å². The Morgan fingerprint density at radius 1 is 0.925 bits per heavy atom. The summed E-state index contributed by atoms with van der Waals surface area (Å²) >= 11 is 0. The monoisotopic (exact) mass is 550 g/mol. The van der Waals surface area contributed by atoms with Gasteiger partial charge in [-0.2, -0.15) is 0 Å². The van der Waals surface area contributed by atoms with Gasteiger partial charge in [-0.1, -0.05) is 48.0 Å². The van der Waals surface area contributed by atoms with Gasteiger partial charge in [-0.25, -0.2) is 13.6 Å². The zero-order valence-corrected chi connectivity index (χ0v) is 22.2. The minimum Gasteiger partial charge on any atom is -0.490 e. The molecule has 3 aromatic rings. The van der Waals surface area contributed by atoms with Gasteiger partial charge < -0.3 is 25.6 Å². The largest absolute Gasteiger partial charge is 0.490 e. The van der Waals surface area contributed by atoms with Gasteiger partial charge in [0.1, 0.15) is 11.9 Å². The molecular formula is C30H32F2N4O4. The number of urea groups is 1. The van der Waals surface area contributed by atoms with Gasteiger partial charge in [-0.15, -0.1) is 0 Å². The Morgan fingerprint density at radius 3 is 2.38 bits per heavy atom. The lowest BCUT2D eigenvalue weighted by Crippen LogP contribution is -2.44. The molecule has 1 aliphatic rings. The minimum atomic E-state index is -2.73. The molecule has 4 rings (SSSR count). The van der Waals surface area contributed by atoms with Crippen molar-refractivity contribution in [2.75, 3.05) is 25.0 Å². The third-order valence-electron chi connectivity index (χ3n) is 6.50. The molecule has 210 valence electrons. The van der Waals surface area contributed by atoms with Crippen LogP contribution in [0.2, 0.25) is 0 Å². The van der Waals surface area contributed by atoms with E-state index in [2.05, 4.69) is 16.0 Å². The van der Waals surface area contributed by atoms with Crippen LogP contribution in [0.25, 0.3) is 0 Å². The summed E-state index contributed by atoms with van der Waals surface area (Å²) in [7, 11) is 0. The molecule has 4 amide bonds. The average Bonchev–Trinajstić information content (AvgIpc) is 2.95. The Morgan fingerprint density at radius 2 is 1.68 bits per heavy atom. The number of carbonyl (C=O) groups excluding carboxylic acids is 3. The first kappa shape index (κ1) is 28.5. The van der Waals surface area contributed by atoms with Crippen LogP contribution in [0, 0.1) is 6.92 Å². The molecular weight excluding hydrogens is 518 g/mol. The fraction of sp³-hybridized carbons (Fsp3) is 0.300. The van der Waals surface area contributed by atoms with Crippen molar-refractivity contribution in [2.45, 2.75) is 38.8 Å². The van der Waals surface area contributed by atoms with Gasteiger partial charge in [0.05, 0.1) is 17.8 Å². The van der Waals surface area contributed by atoms with Crippen LogP contribution >= 0.6 is 0 Å². The number of amides is 4. The van der Waals surface area contributed by atoms with Gasteiger partial charge in [0.2, 0.25) is 0 Å². The molecule has 0 radical (unpaired) electrons. The van der Waals surface area contributed by atoms with Crippen LogP contribution in [0.5, 0.6) is 5.75 Å². The number of carbonyl (C=O) groups is 3. The second-order valence-electron chi connectivity index (χ2n) is 9.58. The summed E-state index contributed by atoms with van der Waals surface area (Å²) in [4.78, 5) is 40.2. The fourth-order valence-electron chi connectivity index (χ4n) is 4.42. The second kappa shape index (κ2) is 13.5. The van der Waals surface area contributed by atoms with E-state index in [4.69, 9.17) is 4.74 Å². The van der Waals surface area contributed by atoms with E-state index in [0.29, 0.717) is 32.5 Å². The number of benzene rings is 3. The molecule has 0 atom stereocenters. The van der Waals surface area contributed by atoms with E-state index in [-0.39, 0.29) is 22.9 Å². The number of halogens is 2. The van der Waals surface area contributed by atoms with Gasteiger partial charge >= 0.3 is 6.03 Å². The molecule has 0 saturated carbocycles. The van der Waals surface area contributed by atoms with Crippen molar-refractivity contribution in [1.29, 1.82) is 0 Å². The maximum Gasteiger partial charge on any atom is 0.321 e. The summed E-state index contributed by atoms with van der Waals surface area (Å²) in [6.45, 7) is 2.26. The molecule has 10 heteroatoms. The van der Waals surface area contributed by atoms with Crippen LogP contribution in [0.15, 0.2) is 72.8 Å². The summed E-state index contributed by atoms with van der Waals surface area (Å²) in [5.74, 6) is -0.421. The topological polar surface area (TPSA) is 99.8 Å². The molecule has 40 heavy (non-hydrogen) atoms. The van der Waals surface area contributed by atoms with E-state index < -0.39 is 30.8 Å². The van der Waals surface area contributed by atoms with Crippen LogP contribution in [0.4, 0.5) is 19.3 Å². The predicted molar refractivity (Wildman–Crippen MR) is 148 cm³/mol. The molecule has 3 N–H and O–H groups in total. The van der Waals surface area contributed by atoms with E-state index in [9.17, 15) is 23.2 Å². The standard InChI is InChI=1S/C30H32F2N4O4/c1-20-6-5-7-21(16-20)18-33-28(37)22-10-11-25(29(38)34-19-27(31)32)26(17-22)35-30(39)36-14-12-24(13-15-36)40-23-8-3-2-4-9-23/h2-11,16-17,24,27H,12-15,18-19H2,1H3,(H,33,37)(H,34,38)(H,35,39). The molecule has 0 aliphatic carbocycles. The number of ether oxygens (including phenoxy) is 1. The molecule has 1 fully saturated rings. The Hall–Kier alpha value is -4.47. The molecule has 3 aromatic carbocycles. The van der Waals surface area contributed by atoms with Crippen molar-refractivity contribution in [1.82, 2.24) is 15.5 Å². The van der Waals surface area contributed by atoms with Crippen LogP contribution in [0.3, 0.4) is 0 Å². The number of rotatable bonds is 9. The number of nitrogens with zero attached hydrogens (tertiary/aromatic N) is 1. The molecule has 1 saturated heterocycles. The summed E-state index contributed by atoms with van der Waals surface area (Å²) < 4.78 is 31.4. The number of nitrogens with one attached hydrogen (secondary N) is 3. The first-order chi connectivity index (χ1) is 19.3. The number of piperidine rings is 1. The Balaban J connectivity index is 1.43. The fourth-order valence-corrected chi connectivity index (χ4v) is 4.42. The van der Waals surface area contributed by atoms with Gasteiger partial charge in [0.15, 0.2) is 0 Å². The number of alkyl halides is 2. The van der Waals surface area contributed by atoms with Crippen LogP contribution < -0.4 is 20.7 Å². The van der Waals surface area contributed by atoms with Crippen molar-refractivity contribution in [3.8, 4) is 5.75 Å². The zero-order chi connectivity index (χ0) is 28.5. The highest BCUT2D eigenvalue weighted by atomic mass is 19.3. The first-order valence-corrected chi connectivity index (χ1v) is 13.1. The van der Waals surface area contributed by atoms with E-state index in [0.717, 1.165) is 16.9 Å². The summed E-state index contributed by atoms with van der Waals surface area (Å²) in [6.07, 6.45) is -1.53. The highest BCUT2D eigenvalue weighted by Crippen LogP contribution is 2.22. The SMILES string of the molecule is Cc1cccc(CNC(=O)c2ccc(C(=O)NCC(F)F)c(NC(=O)N3CCC(Oc4ccccc4)CC3)c2)c1. The van der Waals surface area contributed by atoms with E-state index in [1.807, 2.05) is 61.5 Å². The van der Waals surface area contributed by atoms with Crippen molar-refractivity contribution in [2.24, 2.45) is 0 Å². The normalized spacial score (nSPS) is 13.6. The van der Waals surface area contributed by atoms with Gasteiger partial charge in [-0.3, -0.25) is 9.59 Å². The number of anilines is 1. The van der Waals surface area contributed by atoms with Crippen molar-refractivity contribution < 1.29 is 27.9 Å². The van der Waals surface area contributed by atoms with E-state index >= 15 is 0 Å². The zero-order valence-electron chi connectivity index (χ0n) is 22.2. The summed E-state index contributed by atoms with van der Waals surface area (Å²) in [6, 6.07) is 20.8. The number of aryl methyl sites for hydroxylation is 1. The van der Waals surface area contributed by atoms with Gasteiger partial charge in [0.25, 0.3) is 18.2 Å². The lowest BCUT2D eigenvalue weighted by molar-refractivity contribution is 0.0891. The highest BCUT2D eigenvalue weighted by Gasteiger charge is 2.25. The van der Waals surface area contributed by atoms with Crippen molar-refractivity contribution in [3.63, 3.8) is 0 Å². The van der Waals surface area contributed by atoms with E-state index in [1.165, 1.54) is 18.2 Å². The smallest absolute Gasteiger partial charge is 0.321 e. The Kier molecular flexibility index (Phi) is 9.66. The maximum atomic E-state index is 13.1. The molecule has 1 aliphatic heterocycles. The van der Waals surface area contributed by atoms with Crippen molar-refractivity contribution in [3.05, 3.63) is 95.1 Å². The quantitative estimate of drug-likeness (QED) is 0.349. The average molecular weight is 551 g/mol. The summed E-state index contributed by atoms with van der Waals surface area (Å²) in [5.41, 5.74) is 2.23. The van der Waals surface area contributed by atoms with Gasteiger partial charge in [-0.05, 0) is 42.8 Å². The lowest BCUT2D eigenvalue weighted by Gasteiger charge is -2.32. The number of hydrogen-bond acceptors (Lipinski definition) is 4. The summed E-state index contributed by atoms with van der Waals surface area (Å²) in [5, 5.41) is 7.68. The molecule has 8 nitrogen and oxygen atoms in total. The highest BCUT2D eigenvalue weighted by molar-refractivity contribution is 6.05. The molecule has 0 aromatic heterocycles. The predicted octanol–water partition coefficient (Wildman–Crippen LogP) is 5.00. The molecule has 0 unspecified atom stereocenters. The third kappa shape index (κ3) is 8.02. The number of para-hydroxylation sites is 1. The Labute approximate surface area is 231 Å². The van der Waals surface area contributed by atoms with Crippen molar-refractivity contribution >= 4 is 23.5 Å². The number of likely N-dealkylation sites (tertiary alicyclic amines) is 1. The number of hydrogen-bond donors (Lipinski definition) is 3. The minimum absolute atomic E-state index is 0.0217. The third-order valence-corrected chi connectivity index (χ3v) is 6.50. The first-order valence-electron chi connectivity index (χ1n) is 13.1. The lowest BCUT2D eigenvalue weighted by atomic mass is 10.1. The Bertz CT molecular complexity index is 1330. The second-order valence-corrected chi connectivity index (χ2v) is 9.58. The van der Waals surface area contributed by atoms with E-state index in [1.54, 1.807) is 4.90 Å².